The van der Waals surface area contributed by atoms with Gasteiger partial charge >= 0.3 is 0 Å². The molecule has 0 aliphatic heterocycles. The highest BCUT2D eigenvalue weighted by molar-refractivity contribution is 7.91. The maximum Gasteiger partial charge on any atom is 0.227 e. The van der Waals surface area contributed by atoms with E-state index in [0.717, 1.165) is 12.8 Å². The van der Waals surface area contributed by atoms with E-state index < -0.39 is 15.3 Å². The van der Waals surface area contributed by atoms with Crippen LogP contribution in [0.3, 0.4) is 0 Å². The highest BCUT2D eigenvalue weighted by Gasteiger charge is 2.33. The summed E-state index contributed by atoms with van der Waals surface area (Å²) in [5.74, 6) is 0.534. The fraction of sp³-hybridized carbons (Fsp3) is 0.923. The van der Waals surface area contributed by atoms with Crippen LogP contribution in [0.15, 0.2) is 0 Å². The maximum absolute atomic E-state index is 12.1. The summed E-state index contributed by atoms with van der Waals surface area (Å²) in [6, 6.07) is 0. The molecule has 0 aromatic rings. The number of nitrogens with two attached hydrogens (primary N) is 1. The van der Waals surface area contributed by atoms with Crippen molar-refractivity contribution in [3.8, 4) is 0 Å². The first-order chi connectivity index (χ1) is 8.89. The average Bonchev–Trinajstić information content (AvgIpc) is 3.15. The van der Waals surface area contributed by atoms with E-state index in [2.05, 4.69) is 5.32 Å². The van der Waals surface area contributed by atoms with Gasteiger partial charge in [0, 0.05) is 13.1 Å². The largest absolute Gasteiger partial charge is 0.355 e. The van der Waals surface area contributed by atoms with Crippen LogP contribution in [-0.4, -0.2) is 38.9 Å². The molecule has 0 unspecified atom stereocenters. The van der Waals surface area contributed by atoms with Gasteiger partial charge in [0.2, 0.25) is 5.91 Å². The Hall–Kier alpha value is -0.620. The molecule has 0 atom stereocenters. The van der Waals surface area contributed by atoms with Gasteiger partial charge in [-0.15, -0.1) is 0 Å². The van der Waals surface area contributed by atoms with Crippen molar-refractivity contribution in [2.75, 3.05) is 24.6 Å². The fourth-order valence-corrected chi connectivity index (χ4v) is 3.82. The fourth-order valence-electron chi connectivity index (χ4n) is 2.19. The van der Waals surface area contributed by atoms with E-state index in [-0.39, 0.29) is 24.0 Å². The first-order valence-electron chi connectivity index (χ1n) is 7.08. The molecule has 1 fully saturated rings. The molecule has 1 aliphatic rings. The minimum Gasteiger partial charge on any atom is -0.355 e. The van der Waals surface area contributed by atoms with Crippen LogP contribution in [-0.2, 0) is 14.6 Å². The van der Waals surface area contributed by atoms with Crippen LogP contribution in [0.2, 0.25) is 0 Å². The Morgan fingerprint density at radius 1 is 1.32 bits per heavy atom. The molecule has 3 N–H and O–H groups in total. The summed E-state index contributed by atoms with van der Waals surface area (Å²) in [4.78, 5) is 12.1. The molecule has 0 bridgehead atoms. The monoisotopic (exact) mass is 290 g/mol. The number of amides is 1. The summed E-state index contributed by atoms with van der Waals surface area (Å²) < 4.78 is 23.5. The van der Waals surface area contributed by atoms with Crippen LogP contribution in [0.4, 0.5) is 0 Å². The SMILES string of the molecule is CCC(CC)(CN)C(=O)NCCS(=O)(=O)CC1CC1. The lowest BCUT2D eigenvalue weighted by Gasteiger charge is -2.28. The minimum atomic E-state index is -3.03. The van der Waals surface area contributed by atoms with Crippen LogP contribution < -0.4 is 11.1 Å². The average molecular weight is 290 g/mol. The highest BCUT2D eigenvalue weighted by atomic mass is 32.2. The predicted octanol–water partition coefficient (Wildman–Crippen LogP) is 0.693. The Morgan fingerprint density at radius 3 is 2.32 bits per heavy atom. The van der Waals surface area contributed by atoms with Crippen LogP contribution in [0.1, 0.15) is 39.5 Å². The number of nitrogens with one attached hydrogen (secondary N) is 1. The molecule has 0 aromatic carbocycles. The molecule has 6 heteroatoms. The Morgan fingerprint density at radius 2 is 1.89 bits per heavy atom. The molecule has 1 amide bonds. The molecule has 0 radical (unpaired) electrons. The molecule has 1 saturated carbocycles. The van der Waals surface area contributed by atoms with Crippen molar-refractivity contribution in [1.29, 1.82) is 0 Å². The quantitative estimate of drug-likeness (QED) is 0.654. The number of carbonyl (C=O) groups is 1. The minimum absolute atomic E-state index is 0.0311. The van der Waals surface area contributed by atoms with Crippen molar-refractivity contribution in [1.82, 2.24) is 5.32 Å². The maximum atomic E-state index is 12.1. The molecule has 1 aliphatic carbocycles. The Bertz CT molecular complexity index is 390. The predicted molar refractivity (Wildman–Crippen MR) is 76.5 cm³/mol. The van der Waals surface area contributed by atoms with Gasteiger partial charge in [0.1, 0.15) is 0 Å². The van der Waals surface area contributed by atoms with Gasteiger partial charge in [-0.05, 0) is 31.6 Å². The number of hydrogen-bond acceptors (Lipinski definition) is 4. The van der Waals surface area contributed by atoms with Crippen LogP contribution in [0, 0.1) is 11.3 Å². The van der Waals surface area contributed by atoms with Crippen molar-refractivity contribution >= 4 is 15.7 Å². The molecule has 0 spiro atoms. The van der Waals surface area contributed by atoms with Gasteiger partial charge in [-0.25, -0.2) is 8.42 Å². The summed E-state index contributed by atoms with van der Waals surface area (Å²) in [7, 11) is -3.03. The second kappa shape index (κ2) is 6.70. The highest BCUT2D eigenvalue weighted by Crippen LogP contribution is 2.30. The number of rotatable bonds is 9. The molecule has 5 nitrogen and oxygen atoms in total. The lowest BCUT2D eigenvalue weighted by Crippen LogP contribution is -2.46. The van der Waals surface area contributed by atoms with E-state index >= 15 is 0 Å². The first kappa shape index (κ1) is 16.4. The molecule has 1 rings (SSSR count). The van der Waals surface area contributed by atoms with Gasteiger partial charge in [0.25, 0.3) is 0 Å². The van der Waals surface area contributed by atoms with Gasteiger partial charge in [-0.3, -0.25) is 4.79 Å². The summed E-state index contributed by atoms with van der Waals surface area (Å²) in [6.45, 7) is 4.34. The Balaban J connectivity index is 2.40. The molecule has 0 saturated heterocycles. The van der Waals surface area contributed by atoms with Crippen LogP contribution >= 0.6 is 0 Å². The summed E-state index contributed by atoms with van der Waals surface area (Å²) in [6.07, 6.45) is 3.38. The van der Waals surface area contributed by atoms with E-state index in [9.17, 15) is 13.2 Å². The normalized spacial score (nSPS) is 16.4. The lowest BCUT2D eigenvalue weighted by atomic mass is 9.81. The van der Waals surface area contributed by atoms with Crippen molar-refractivity contribution in [3.05, 3.63) is 0 Å². The van der Waals surface area contributed by atoms with Gasteiger partial charge in [-0.2, -0.15) is 0 Å². The van der Waals surface area contributed by atoms with Gasteiger partial charge in [0.05, 0.1) is 16.9 Å². The van der Waals surface area contributed by atoms with E-state index in [0.29, 0.717) is 25.3 Å². The zero-order chi connectivity index (χ0) is 14.5. The van der Waals surface area contributed by atoms with E-state index in [1.807, 2.05) is 13.8 Å². The molecular formula is C13H26N2O3S. The number of sulfone groups is 1. The Labute approximate surface area is 116 Å². The van der Waals surface area contributed by atoms with Crippen molar-refractivity contribution in [3.63, 3.8) is 0 Å². The standard InChI is InChI=1S/C13H26N2O3S/c1-3-13(4-2,10-14)12(16)15-7-8-19(17,18)9-11-5-6-11/h11H,3-10,14H2,1-2H3,(H,15,16). The molecule has 0 aromatic heterocycles. The summed E-state index contributed by atoms with van der Waals surface area (Å²) in [5, 5.41) is 2.73. The third kappa shape index (κ3) is 4.76. The van der Waals surface area contributed by atoms with Crippen molar-refractivity contribution in [2.24, 2.45) is 17.1 Å². The second-order valence-corrected chi connectivity index (χ2v) is 7.73. The zero-order valence-electron chi connectivity index (χ0n) is 11.9. The van der Waals surface area contributed by atoms with Gasteiger partial charge in [-0.1, -0.05) is 13.8 Å². The van der Waals surface area contributed by atoms with Crippen LogP contribution in [0.25, 0.3) is 0 Å². The van der Waals surface area contributed by atoms with E-state index in [4.69, 9.17) is 5.73 Å². The summed E-state index contributed by atoms with van der Waals surface area (Å²) in [5.41, 5.74) is 5.13. The molecule has 19 heavy (non-hydrogen) atoms. The van der Waals surface area contributed by atoms with Gasteiger partial charge in [0.15, 0.2) is 9.84 Å². The molecule has 112 valence electrons. The third-order valence-electron chi connectivity index (χ3n) is 4.11. The molecular weight excluding hydrogens is 264 g/mol. The summed E-state index contributed by atoms with van der Waals surface area (Å²) >= 11 is 0. The lowest BCUT2D eigenvalue weighted by molar-refractivity contribution is -0.130. The number of carbonyl (C=O) groups excluding carboxylic acids is 1. The van der Waals surface area contributed by atoms with E-state index in [1.54, 1.807) is 0 Å². The van der Waals surface area contributed by atoms with Crippen molar-refractivity contribution in [2.45, 2.75) is 39.5 Å². The Kier molecular flexibility index (Phi) is 5.80. The van der Waals surface area contributed by atoms with Crippen LogP contribution in [0.5, 0.6) is 0 Å². The van der Waals surface area contributed by atoms with E-state index in [1.165, 1.54) is 0 Å². The topological polar surface area (TPSA) is 89.3 Å². The molecule has 0 heterocycles. The smallest absolute Gasteiger partial charge is 0.227 e. The van der Waals surface area contributed by atoms with Crippen molar-refractivity contribution < 1.29 is 13.2 Å². The van der Waals surface area contributed by atoms with Gasteiger partial charge < -0.3 is 11.1 Å². The third-order valence-corrected chi connectivity index (χ3v) is 5.92. The second-order valence-electron chi connectivity index (χ2n) is 5.51. The number of hydrogen-bond donors (Lipinski definition) is 2. The first-order valence-corrected chi connectivity index (χ1v) is 8.90. The zero-order valence-corrected chi connectivity index (χ0v) is 12.8.